The number of aromatic nitrogens is 3. The monoisotopic (exact) mass is 432 g/mol. The minimum absolute atomic E-state index is 0.0569. The first-order valence-electron chi connectivity index (χ1n) is 10.3. The van der Waals surface area contributed by atoms with Crippen LogP contribution in [0, 0.1) is 5.21 Å². The van der Waals surface area contributed by atoms with Crippen molar-refractivity contribution >= 4 is 17.8 Å². The molecular formula is C23H20N4O5. The smallest absolute Gasteiger partial charge is 0.339 e. The summed E-state index contributed by atoms with van der Waals surface area (Å²) in [6.07, 6.45) is 6.32. The summed E-state index contributed by atoms with van der Waals surface area (Å²) < 4.78 is 6.22. The van der Waals surface area contributed by atoms with Crippen LogP contribution in [0.2, 0.25) is 0 Å². The van der Waals surface area contributed by atoms with Gasteiger partial charge < -0.3 is 15.1 Å². The first-order chi connectivity index (χ1) is 15.4. The summed E-state index contributed by atoms with van der Waals surface area (Å²) in [6, 6.07) is 11.0. The van der Waals surface area contributed by atoms with Gasteiger partial charge in [0.25, 0.3) is 5.91 Å². The Balaban J connectivity index is 1.28. The molecule has 0 radical (unpaired) electrons. The van der Waals surface area contributed by atoms with Crippen molar-refractivity contribution in [2.75, 3.05) is 5.32 Å². The predicted octanol–water partition coefficient (Wildman–Crippen LogP) is 2.09. The second kappa shape index (κ2) is 7.38. The minimum Gasteiger partial charge on any atom is -0.619 e. The molecule has 1 aliphatic heterocycles. The lowest BCUT2D eigenvalue weighted by Gasteiger charge is -2.39. The molecule has 3 heterocycles. The third-order valence-electron chi connectivity index (χ3n) is 6.23. The SMILES string of the molecule is O=C1OC2(CCC(O)(C(=O)Nc3ncc(-c4ccccc4)cn3)CC2)c2c[n+]([O-])ccc21. The number of ether oxygens (including phenoxy) is 1. The molecule has 1 amide bonds. The van der Waals surface area contributed by atoms with E-state index in [1.807, 2.05) is 30.3 Å². The minimum atomic E-state index is -1.66. The highest BCUT2D eigenvalue weighted by Crippen LogP contribution is 2.48. The van der Waals surface area contributed by atoms with Crippen molar-refractivity contribution in [3.63, 3.8) is 0 Å². The van der Waals surface area contributed by atoms with Gasteiger partial charge in [0.15, 0.2) is 12.4 Å². The molecule has 1 spiro atoms. The van der Waals surface area contributed by atoms with E-state index >= 15 is 0 Å². The molecule has 9 heteroatoms. The number of aliphatic hydroxyl groups is 1. The van der Waals surface area contributed by atoms with E-state index in [4.69, 9.17) is 4.74 Å². The van der Waals surface area contributed by atoms with Gasteiger partial charge in [-0.1, -0.05) is 30.3 Å². The lowest BCUT2D eigenvalue weighted by Crippen LogP contribution is -2.49. The molecule has 32 heavy (non-hydrogen) atoms. The number of carbonyl (C=O) groups is 2. The number of nitrogens with one attached hydrogen (secondary N) is 1. The molecule has 1 aromatic carbocycles. The maximum atomic E-state index is 12.8. The van der Waals surface area contributed by atoms with Gasteiger partial charge in [-0.25, -0.2) is 14.8 Å². The fourth-order valence-electron chi connectivity index (χ4n) is 4.36. The van der Waals surface area contributed by atoms with Crippen LogP contribution >= 0.6 is 0 Å². The second-order valence-corrected chi connectivity index (χ2v) is 8.16. The van der Waals surface area contributed by atoms with Crippen molar-refractivity contribution in [2.45, 2.75) is 36.9 Å². The second-order valence-electron chi connectivity index (χ2n) is 8.16. The third-order valence-corrected chi connectivity index (χ3v) is 6.23. The molecule has 1 saturated carbocycles. The maximum Gasteiger partial charge on any atom is 0.339 e. The zero-order valence-electron chi connectivity index (χ0n) is 17.0. The number of benzene rings is 1. The number of hydrogen-bond acceptors (Lipinski definition) is 7. The normalized spacial score (nSPS) is 24.1. The van der Waals surface area contributed by atoms with Gasteiger partial charge in [0, 0.05) is 24.0 Å². The zero-order chi connectivity index (χ0) is 22.3. The Morgan fingerprint density at radius 3 is 2.44 bits per heavy atom. The van der Waals surface area contributed by atoms with Crippen LogP contribution in [0.5, 0.6) is 0 Å². The van der Waals surface area contributed by atoms with Gasteiger partial charge >= 0.3 is 5.97 Å². The van der Waals surface area contributed by atoms with E-state index < -0.39 is 23.1 Å². The van der Waals surface area contributed by atoms with Gasteiger partial charge in [-0.2, -0.15) is 4.73 Å². The Morgan fingerprint density at radius 2 is 1.75 bits per heavy atom. The van der Waals surface area contributed by atoms with Crippen molar-refractivity contribution in [1.29, 1.82) is 0 Å². The summed E-state index contributed by atoms with van der Waals surface area (Å²) in [7, 11) is 0. The molecule has 0 bridgehead atoms. The lowest BCUT2D eigenvalue weighted by atomic mass is 9.73. The van der Waals surface area contributed by atoms with Gasteiger partial charge in [0.05, 0.1) is 11.1 Å². The molecule has 1 aliphatic carbocycles. The molecule has 162 valence electrons. The summed E-state index contributed by atoms with van der Waals surface area (Å²) in [5.74, 6) is -1.02. The van der Waals surface area contributed by atoms with E-state index in [9.17, 15) is 19.9 Å². The number of carbonyl (C=O) groups excluding carboxylic acids is 2. The summed E-state index contributed by atoms with van der Waals surface area (Å²) in [5.41, 5.74) is -0.0580. The molecule has 2 N–H and O–H groups in total. The Labute approximate surface area is 183 Å². The summed E-state index contributed by atoms with van der Waals surface area (Å²) >= 11 is 0. The fraction of sp³-hybridized carbons (Fsp3) is 0.261. The number of amides is 1. The van der Waals surface area contributed by atoms with Crippen LogP contribution in [0.25, 0.3) is 11.1 Å². The largest absolute Gasteiger partial charge is 0.619 e. The van der Waals surface area contributed by atoms with Crippen molar-refractivity contribution in [1.82, 2.24) is 9.97 Å². The van der Waals surface area contributed by atoms with E-state index in [1.54, 1.807) is 12.4 Å². The van der Waals surface area contributed by atoms with E-state index in [1.165, 1.54) is 18.5 Å². The molecule has 2 aliphatic rings. The van der Waals surface area contributed by atoms with Crippen LogP contribution in [0.15, 0.2) is 61.2 Å². The van der Waals surface area contributed by atoms with Crippen molar-refractivity contribution in [2.24, 2.45) is 0 Å². The number of fused-ring (bicyclic) bond motifs is 2. The van der Waals surface area contributed by atoms with Crippen LogP contribution in [0.1, 0.15) is 41.6 Å². The highest BCUT2D eigenvalue weighted by atomic mass is 16.6. The lowest BCUT2D eigenvalue weighted by molar-refractivity contribution is -0.606. The maximum absolute atomic E-state index is 12.8. The summed E-state index contributed by atoms with van der Waals surface area (Å²) in [5, 5.41) is 25.3. The number of esters is 1. The molecule has 2 aromatic heterocycles. The van der Waals surface area contributed by atoms with E-state index in [2.05, 4.69) is 15.3 Å². The van der Waals surface area contributed by atoms with Gasteiger partial charge in [-0.05, 0) is 31.2 Å². The molecule has 0 atom stereocenters. The quantitative estimate of drug-likeness (QED) is 0.368. The molecular weight excluding hydrogens is 412 g/mol. The zero-order valence-corrected chi connectivity index (χ0v) is 17.0. The van der Waals surface area contributed by atoms with Gasteiger partial charge in [0.1, 0.15) is 11.2 Å². The van der Waals surface area contributed by atoms with Gasteiger partial charge in [-0.3, -0.25) is 10.1 Å². The fourth-order valence-corrected chi connectivity index (χ4v) is 4.36. The number of anilines is 1. The number of pyridine rings is 1. The first kappa shape index (κ1) is 20.1. The number of hydrogen-bond donors (Lipinski definition) is 2. The molecule has 0 saturated heterocycles. The highest BCUT2D eigenvalue weighted by molar-refractivity contribution is 5.96. The Bertz CT molecular complexity index is 1190. The first-order valence-corrected chi connectivity index (χ1v) is 10.3. The van der Waals surface area contributed by atoms with E-state index in [0.29, 0.717) is 15.9 Å². The van der Waals surface area contributed by atoms with E-state index in [0.717, 1.165) is 11.1 Å². The van der Waals surface area contributed by atoms with Crippen LogP contribution in [-0.2, 0) is 15.1 Å². The summed E-state index contributed by atoms with van der Waals surface area (Å²) in [6.45, 7) is 0. The van der Waals surface area contributed by atoms with Gasteiger partial charge in [0.2, 0.25) is 5.95 Å². The summed E-state index contributed by atoms with van der Waals surface area (Å²) in [4.78, 5) is 33.4. The van der Waals surface area contributed by atoms with Crippen molar-refractivity contribution in [3.8, 4) is 11.1 Å². The average Bonchev–Trinajstić information content (AvgIpc) is 3.08. The Kier molecular flexibility index (Phi) is 4.63. The molecule has 9 nitrogen and oxygen atoms in total. The van der Waals surface area contributed by atoms with Gasteiger partial charge in [-0.15, -0.1) is 0 Å². The van der Waals surface area contributed by atoms with Crippen LogP contribution in [-0.4, -0.2) is 32.6 Å². The predicted molar refractivity (Wildman–Crippen MR) is 112 cm³/mol. The molecule has 5 rings (SSSR count). The van der Waals surface area contributed by atoms with Crippen molar-refractivity contribution in [3.05, 3.63) is 77.5 Å². The number of nitrogens with zero attached hydrogens (tertiary/aromatic N) is 3. The molecule has 3 aromatic rings. The molecule has 0 unspecified atom stereocenters. The third kappa shape index (κ3) is 3.36. The standard InChI is InChI=1S/C23H20N4O5/c28-19-17-6-11-27(31)14-18(17)23(32-19)9-7-22(30,8-10-23)20(29)26-21-24-12-16(13-25-21)15-4-2-1-3-5-15/h1-6,11-14,30H,7-10H2,(H,24,25,26,29). The Morgan fingerprint density at radius 1 is 1.06 bits per heavy atom. The van der Waals surface area contributed by atoms with Crippen LogP contribution in [0.4, 0.5) is 5.95 Å². The van der Waals surface area contributed by atoms with Crippen LogP contribution in [0.3, 0.4) is 0 Å². The van der Waals surface area contributed by atoms with Crippen molar-refractivity contribution < 1.29 is 24.2 Å². The highest BCUT2D eigenvalue weighted by Gasteiger charge is 2.54. The average molecular weight is 432 g/mol. The topological polar surface area (TPSA) is 128 Å². The Hall–Kier alpha value is -3.85. The molecule has 1 fully saturated rings. The number of rotatable bonds is 3. The van der Waals surface area contributed by atoms with E-state index in [-0.39, 0.29) is 31.6 Å². The van der Waals surface area contributed by atoms with Crippen LogP contribution < -0.4 is 10.0 Å².